The SMILES string of the molecule is CCOC(=O)C1=C(c2ccccc2)N=c2s/c(=C\c3ccc(Oc4ccc([N+](=O)[O-])cc4[N+](=O)[O-])c(OC)c3)c(=O)n2[C@@H]1c1ccc(OC)cc1. The zero-order chi connectivity index (χ0) is 36.2. The van der Waals surface area contributed by atoms with Gasteiger partial charge in [0.15, 0.2) is 16.3 Å². The number of hydrogen-bond donors (Lipinski definition) is 0. The molecule has 0 fully saturated rings. The summed E-state index contributed by atoms with van der Waals surface area (Å²) in [6, 6.07) is 23.1. The molecule has 4 aromatic carbocycles. The molecule has 51 heavy (non-hydrogen) atoms. The number of nitrogens with zero attached hydrogens (tertiary/aromatic N) is 4. The van der Waals surface area contributed by atoms with E-state index >= 15 is 0 Å². The number of esters is 1. The van der Waals surface area contributed by atoms with Crippen LogP contribution in [0.25, 0.3) is 11.8 Å². The molecule has 0 N–H and O–H groups in total. The molecule has 2 heterocycles. The lowest BCUT2D eigenvalue weighted by Crippen LogP contribution is -2.40. The molecule has 0 amide bonds. The minimum atomic E-state index is -0.883. The highest BCUT2D eigenvalue weighted by atomic mass is 32.1. The molecule has 1 atom stereocenters. The Kier molecular flexibility index (Phi) is 9.72. The van der Waals surface area contributed by atoms with Crippen molar-refractivity contribution >= 4 is 40.5 Å². The minimum absolute atomic E-state index is 0.0964. The van der Waals surface area contributed by atoms with Crippen LogP contribution in [-0.2, 0) is 9.53 Å². The average molecular weight is 709 g/mol. The van der Waals surface area contributed by atoms with E-state index in [0.29, 0.717) is 37.5 Å². The van der Waals surface area contributed by atoms with Crippen LogP contribution < -0.4 is 29.1 Å². The number of carbonyl (C=O) groups is 1. The molecule has 1 aliphatic rings. The first-order chi connectivity index (χ1) is 24.6. The molecule has 0 aliphatic carbocycles. The van der Waals surface area contributed by atoms with Crippen LogP contribution in [0, 0.1) is 20.2 Å². The first-order valence-corrected chi connectivity index (χ1v) is 16.2. The quantitative estimate of drug-likeness (QED) is 0.0960. The normalized spacial score (nSPS) is 13.9. The Labute approximate surface area is 293 Å². The van der Waals surface area contributed by atoms with Gasteiger partial charge in [-0.15, -0.1) is 0 Å². The van der Waals surface area contributed by atoms with Crippen LogP contribution in [0.2, 0.25) is 0 Å². The van der Waals surface area contributed by atoms with Crippen molar-refractivity contribution in [1.29, 1.82) is 0 Å². The molecule has 0 unspecified atom stereocenters. The first kappa shape index (κ1) is 34.3. The van der Waals surface area contributed by atoms with Crippen LogP contribution >= 0.6 is 11.3 Å². The van der Waals surface area contributed by atoms with Crippen molar-refractivity contribution in [3.05, 3.63) is 153 Å². The van der Waals surface area contributed by atoms with E-state index in [1.165, 1.54) is 17.7 Å². The fourth-order valence-electron chi connectivity index (χ4n) is 5.52. The van der Waals surface area contributed by atoms with Crippen LogP contribution in [0.15, 0.2) is 106 Å². The molecule has 1 aliphatic heterocycles. The molecule has 1 aromatic heterocycles. The van der Waals surface area contributed by atoms with Gasteiger partial charge in [-0.3, -0.25) is 29.6 Å². The second-order valence-corrected chi connectivity index (χ2v) is 11.9. The number of thiazole rings is 1. The Morgan fingerprint density at radius 3 is 2.27 bits per heavy atom. The number of nitro groups is 2. The summed E-state index contributed by atoms with van der Waals surface area (Å²) in [6.07, 6.45) is 1.63. The van der Waals surface area contributed by atoms with Gasteiger partial charge in [0.2, 0.25) is 5.75 Å². The molecule has 0 saturated heterocycles. The third-order valence-electron chi connectivity index (χ3n) is 7.86. The van der Waals surface area contributed by atoms with Gasteiger partial charge >= 0.3 is 11.7 Å². The number of ether oxygens (including phenoxy) is 4. The number of rotatable bonds is 11. The third kappa shape index (κ3) is 6.82. The summed E-state index contributed by atoms with van der Waals surface area (Å²) in [7, 11) is 2.92. The van der Waals surface area contributed by atoms with Gasteiger partial charge in [0.05, 0.1) is 58.6 Å². The van der Waals surface area contributed by atoms with Crippen molar-refractivity contribution < 1.29 is 33.6 Å². The molecular formula is C36H28N4O10S. The van der Waals surface area contributed by atoms with E-state index in [2.05, 4.69) is 0 Å². The van der Waals surface area contributed by atoms with E-state index < -0.39 is 38.8 Å². The molecule has 0 saturated carbocycles. The molecular weight excluding hydrogens is 680 g/mol. The summed E-state index contributed by atoms with van der Waals surface area (Å²) in [4.78, 5) is 54.4. The maximum absolute atomic E-state index is 14.2. The van der Waals surface area contributed by atoms with E-state index in [4.69, 9.17) is 23.9 Å². The van der Waals surface area contributed by atoms with Crippen LogP contribution in [0.1, 0.15) is 29.7 Å². The number of hydrogen-bond acceptors (Lipinski definition) is 12. The summed E-state index contributed by atoms with van der Waals surface area (Å²) in [5.41, 5.74) is 0.952. The molecule has 15 heteroatoms. The monoisotopic (exact) mass is 708 g/mol. The molecule has 0 bridgehead atoms. The fourth-order valence-corrected chi connectivity index (χ4v) is 6.52. The van der Waals surface area contributed by atoms with Gasteiger partial charge < -0.3 is 18.9 Å². The molecule has 0 radical (unpaired) electrons. The standard InChI is InChI=1S/C36H28N4O10S/c1-4-49-35(42)31-32(22-8-6-5-7-9-22)37-36-38(33(31)23-11-14-25(47-2)15-12-23)34(41)30(51-36)19-21-10-16-28(29(18-21)48-3)50-27-17-13-24(39(43)44)20-26(27)40(45)46/h5-20,33H,4H2,1-3H3/b30-19-/t33-/m1/s1. The summed E-state index contributed by atoms with van der Waals surface area (Å²) >= 11 is 1.13. The van der Waals surface area contributed by atoms with E-state index in [1.54, 1.807) is 56.5 Å². The van der Waals surface area contributed by atoms with Crippen molar-refractivity contribution in [3.63, 3.8) is 0 Å². The van der Waals surface area contributed by atoms with Crippen molar-refractivity contribution in [1.82, 2.24) is 4.57 Å². The fraction of sp³-hybridized carbons (Fsp3) is 0.139. The zero-order valence-electron chi connectivity index (χ0n) is 27.3. The van der Waals surface area contributed by atoms with Gasteiger partial charge in [0.1, 0.15) is 5.75 Å². The number of methoxy groups -OCH3 is 2. The van der Waals surface area contributed by atoms with Crippen molar-refractivity contribution in [2.45, 2.75) is 13.0 Å². The topological polar surface area (TPSA) is 175 Å². The number of nitro benzene ring substituents is 2. The van der Waals surface area contributed by atoms with Crippen molar-refractivity contribution in [2.75, 3.05) is 20.8 Å². The van der Waals surface area contributed by atoms with Gasteiger partial charge in [-0.1, -0.05) is 59.9 Å². The highest BCUT2D eigenvalue weighted by Crippen LogP contribution is 2.39. The number of carbonyl (C=O) groups excluding carboxylic acids is 1. The van der Waals surface area contributed by atoms with Gasteiger partial charge in [0, 0.05) is 11.6 Å². The number of fused-ring (bicyclic) bond motifs is 1. The van der Waals surface area contributed by atoms with Crippen LogP contribution in [0.4, 0.5) is 11.4 Å². The number of aromatic nitrogens is 1. The van der Waals surface area contributed by atoms with Crippen LogP contribution in [0.3, 0.4) is 0 Å². The summed E-state index contributed by atoms with van der Waals surface area (Å²) in [6.45, 7) is 1.82. The van der Waals surface area contributed by atoms with Crippen molar-refractivity contribution in [3.8, 4) is 23.0 Å². The largest absolute Gasteiger partial charge is 0.497 e. The Bertz CT molecular complexity index is 2390. The van der Waals surface area contributed by atoms with Crippen molar-refractivity contribution in [2.24, 2.45) is 4.99 Å². The van der Waals surface area contributed by atoms with E-state index in [0.717, 1.165) is 29.5 Å². The lowest BCUT2D eigenvalue weighted by Gasteiger charge is -2.26. The molecule has 258 valence electrons. The number of benzene rings is 4. The highest BCUT2D eigenvalue weighted by molar-refractivity contribution is 7.07. The van der Waals surface area contributed by atoms with Crippen LogP contribution in [0.5, 0.6) is 23.0 Å². The lowest BCUT2D eigenvalue weighted by molar-refractivity contribution is -0.394. The molecule has 14 nitrogen and oxygen atoms in total. The van der Waals surface area contributed by atoms with E-state index in [9.17, 15) is 29.8 Å². The number of non-ortho nitro benzene ring substituents is 1. The van der Waals surface area contributed by atoms with Gasteiger partial charge in [0.25, 0.3) is 11.2 Å². The predicted octanol–water partition coefficient (Wildman–Crippen LogP) is 5.56. The summed E-state index contributed by atoms with van der Waals surface area (Å²) in [5, 5.41) is 22.8. The zero-order valence-corrected chi connectivity index (χ0v) is 28.1. The predicted molar refractivity (Wildman–Crippen MR) is 187 cm³/mol. The maximum Gasteiger partial charge on any atom is 0.338 e. The van der Waals surface area contributed by atoms with Gasteiger partial charge in [-0.2, -0.15) is 0 Å². The second-order valence-electron chi connectivity index (χ2n) is 10.9. The molecule has 6 rings (SSSR count). The Hall–Kier alpha value is -6.61. The van der Waals surface area contributed by atoms with Crippen LogP contribution in [-0.4, -0.2) is 41.2 Å². The Morgan fingerprint density at radius 1 is 0.902 bits per heavy atom. The maximum atomic E-state index is 14.2. The van der Waals surface area contributed by atoms with E-state index in [-0.39, 0.29) is 29.4 Å². The smallest absolute Gasteiger partial charge is 0.338 e. The van der Waals surface area contributed by atoms with E-state index in [1.807, 2.05) is 30.3 Å². The summed E-state index contributed by atoms with van der Waals surface area (Å²) < 4.78 is 23.9. The average Bonchev–Trinajstić information content (AvgIpc) is 3.45. The minimum Gasteiger partial charge on any atom is -0.497 e. The molecule has 5 aromatic rings. The van der Waals surface area contributed by atoms with Gasteiger partial charge in [-0.05, 0) is 54.5 Å². The first-order valence-electron chi connectivity index (χ1n) is 15.3. The lowest BCUT2D eigenvalue weighted by atomic mass is 9.93. The highest BCUT2D eigenvalue weighted by Gasteiger charge is 2.35. The summed E-state index contributed by atoms with van der Waals surface area (Å²) in [5.74, 6) is 0.0370. The Morgan fingerprint density at radius 2 is 1.63 bits per heavy atom. The Balaban J connectivity index is 1.48. The molecule has 0 spiro atoms. The third-order valence-corrected chi connectivity index (χ3v) is 8.84. The second kappa shape index (κ2) is 14.5. The van der Waals surface area contributed by atoms with Gasteiger partial charge in [-0.25, -0.2) is 9.79 Å².